The number of hydrogen-bond acceptors (Lipinski definition) is 4. The van der Waals surface area contributed by atoms with E-state index in [9.17, 15) is 19.7 Å². The molecular formula is C11H8N2O5. The number of aromatic amines is 1. The van der Waals surface area contributed by atoms with Crippen LogP contribution in [-0.2, 0) is 9.59 Å². The molecule has 1 unspecified atom stereocenters. The van der Waals surface area contributed by atoms with E-state index in [1.807, 2.05) is 0 Å². The number of carboxylic acids is 1. The molecule has 2 aromatic rings. The Labute approximate surface area is 100 Å². The number of carbonyl (C=O) groups excluding carboxylic acids is 1. The van der Waals surface area contributed by atoms with Crippen molar-refractivity contribution in [1.82, 2.24) is 4.98 Å². The van der Waals surface area contributed by atoms with Gasteiger partial charge in [0.15, 0.2) is 0 Å². The second-order valence-electron chi connectivity index (χ2n) is 3.68. The summed E-state index contributed by atoms with van der Waals surface area (Å²) >= 11 is 0. The van der Waals surface area contributed by atoms with Crippen LogP contribution in [0.4, 0.5) is 5.69 Å². The topological polar surface area (TPSA) is 113 Å². The number of nitrogens with one attached hydrogen (secondary N) is 1. The van der Waals surface area contributed by atoms with Gasteiger partial charge in [-0.25, -0.2) is 0 Å². The first kappa shape index (κ1) is 11.8. The molecule has 0 spiro atoms. The molecule has 0 radical (unpaired) electrons. The lowest BCUT2D eigenvalue weighted by molar-refractivity contribution is -0.384. The summed E-state index contributed by atoms with van der Waals surface area (Å²) in [6.45, 7) is 0. The van der Waals surface area contributed by atoms with Gasteiger partial charge in [0, 0.05) is 29.2 Å². The zero-order chi connectivity index (χ0) is 13.3. The SMILES string of the molecule is O=CC(C(=O)O)c1c[nH]c2ccc([N+](=O)[O-])cc12. The molecule has 0 saturated carbocycles. The van der Waals surface area contributed by atoms with E-state index in [2.05, 4.69) is 4.98 Å². The van der Waals surface area contributed by atoms with Crippen LogP contribution < -0.4 is 0 Å². The van der Waals surface area contributed by atoms with Crippen molar-refractivity contribution in [2.24, 2.45) is 0 Å². The van der Waals surface area contributed by atoms with Gasteiger partial charge in [-0.05, 0) is 11.6 Å². The van der Waals surface area contributed by atoms with Crippen LogP contribution in [0.5, 0.6) is 0 Å². The molecule has 1 aromatic heterocycles. The van der Waals surface area contributed by atoms with Crippen molar-refractivity contribution < 1.29 is 19.6 Å². The molecule has 0 fully saturated rings. The van der Waals surface area contributed by atoms with Gasteiger partial charge in [0.1, 0.15) is 12.2 Å². The summed E-state index contributed by atoms with van der Waals surface area (Å²) in [5.74, 6) is -2.63. The average molecular weight is 248 g/mol. The Kier molecular flexibility index (Phi) is 2.80. The van der Waals surface area contributed by atoms with Crippen molar-refractivity contribution in [3.05, 3.63) is 40.1 Å². The number of nitro benzene ring substituents is 1. The number of H-pyrrole nitrogens is 1. The average Bonchev–Trinajstić information content (AvgIpc) is 2.73. The standard InChI is InChI=1S/C11H8N2O5/c14-5-9(11(15)16)8-4-12-10-2-1-6(13(17)18)3-7(8)10/h1-5,9,12H,(H,15,16). The van der Waals surface area contributed by atoms with Gasteiger partial charge in [0.2, 0.25) is 0 Å². The molecular weight excluding hydrogens is 240 g/mol. The first-order valence-corrected chi connectivity index (χ1v) is 4.98. The number of carbonyl (C=O) groups is 2. The molecule has 0 aliphatic carbocycles. The molecule has 7 nitrogen and oxygen atoms in total. The summed E-state index contributed by atoms with van der Waals surface area (Å²) < 4.78 is 0. The third-order valence-corrected chi connectivity index (χ3v) is 2.65. The fourth-order valence-corrected chi connectivity index (χ4v) is 1.77. The molecule has 0 saturated heterocycles. The van der Waals surface area contributed by atoms with Crippen LogP contribution in [0.2, 0.25) is 0 Å². The van der Waals surface area contributed by atoms with E-state index in [1.54, 1.807) is 0 Å². The molecule has 2 N–H and O–H groups in total. The maximum atomic E-state index is 10.9. The number of fused-ring (bicyclic) bond motifs is 1. The zero-order valence-electron chi connectivity index (χ0n) is 8.99. The minimum atomic E-state index is -1.33. The van der Waals surface area contributed by atoms with Crippen LogP contribution in [-0.4, -0.2) is 27.3 Å². The number of carboxylic acid groups (broad SMARTS) is 1. The molecule has 7 heteroatoms. The summed E-state index contributed by atoms with van der Waals surface area (Å²) in [4.78, 5) is 34.6. The summed E-state index contributed by atoms with van der Waals surface area (Å²) in [7, 11) is 0. The number of non-ortho nitro benzene ring substituents is 1. The molecule has 1 atom stereocenters. The molecule has 0 aliphatic rings. The van der Waals surface area contributed by atoms with E-state index in [-0.39, 0.29) is 11.3 Å². The quantitative estimate of drug-likeness (QED) is 0.368. The maximum Gasteiger partial charge on any atom is 0.318 e. The van der Waals surface area contributed by atoms with Crippen molar-refractivity contribution in [3.63, 3.8) is 0 Å². The molecule has 92 valence electrons. The van der Waals surface area contributed by atoms with Crippen molar-refractivity contribution in [2.75, 3.05) is 0 Å². The van der Waals surface area contributed by atoms with Crippen LogP contribution in [0.25, 0.3) is 10.9 Å². The number of benzene rings is 1. The van der Waals surface area contributed by atoms with E-state index < -0.39 is 16.8 Å². The van der Waals surface area contributed by atoms with E-state index >= 15 is 0 Å². The van der Waals surface area contributed by atoms with Gasteiger partial charge in [0.05, 0.1) is 4.92 Å². The summed E-state index contributed by atoms with van der Waals surface area (Å²) in [6, 6.07) is 4.03. The highest BCUT2D eigenvalue weighted by Crippen LogP contribution is 2.28. The van der Waals surface area contributed by atoms with Gasteiger partial charge in [-0.3, -0.25) is 14.9 Å². The van der Waals surface area contributed by atoms with Gasteiger partial charge in [-0.1, -0.05) is 0 Å². The largest absolute Gasteiger partial charge is 0.480 e. The molecule has 0 amide bonds. The van der Waals surface area contributed by atoms with E-state index in [0.717, 1.165) is 0 Å². The minimum absolute atomic E-state index is 0.154. The third-order valence-electron chi connectivity index (χ3n) is 2.65. The fourth-order valence-electron chi connectivity index (χ4n) is 1.77. The van der Waals surface area contributed by atoms with E-state index in [0.29, 0.717) is 17.2 Å². The predicted octanol–water partition coefficient (Wildman–Crippen LogP) is 1.44. The fraction of sp³-hybridized carbons (Fsp3) is 0.0909. The van der Waals surface area contributed by atoms with Gasteiger partial charge in [-0.15, -0.1) is 0 Å². The number of hydrogen-bond donors (Lipinski definition) is 2. The Balaban J connectivity index is 2.64. The maximum absolute atomic E-state index is 10.9. The van der Waals surface area contributed by atoms with E-state index in [4.69, 9.17) is 5.11 Å². The first-order valence-electron chi connectivity index (χ1n) is 4.98. The molecule has 1 heterocycles. The highest BCUT2D eigenvalue weighted by Gasteiger charge is 2.23. The molecule has 0 aliphatic heterocycles. The van der Waals surface area contributed by atoms with Crippen molar-refractivity contribution in [1.29, 1.82) is 0 Å². The Morgan fingerprint density at radius 2 is 2.22 bits per heavy atom. The molecule has 2 rings (SSSR count). The highest BCUT2D eigenvalue weighted by atomic mass is 16.6. The predicted molar refractivity (Wildman–Crippen MR) is 61.4 cm³/mol. The molecule has 18 heavy (non-hydrogen) atoms. The number of aldehydes is 1. The lowest BCUT2D eigenvalue weighted by Crippen LogP contribution is -2.12. The van der Waals surface area contributed by atoms with Crippen LogP contribution in [0.1, 0.15) is 11.5 Å². The van der Waals surface area contributed by atoms with Gasteiger partial charge < -0.3 is 14.9 Å². The van der Waals surface area contributed by atoms with Crippen molar-refractivity contribution in [3.8, 4) is 0 Å². The number of nitrogens with zero attached hydrogens (tertiary/aromatic N) is 1. The number of aliphatic carboxylic acids is 1. The summed E-state index contributed by atoms with van der Waals surface area (Å²) in [6.07, 6.45) is 1.67. The minimum Gasteiger partial charge on any atom is -0.480 e. The second kappa shape index (κ2) is 4.28. The second-order valence-corrected chi connectivity index (χ2v) is 3.68. The van der Waals surface area contributed by atoms with Crippen molar-refractivity contribution >= 4 is 28.8 Å². The lowest BCUT2D eigenvalue weighted by atomic mass is 10.00. The Morgan fingerprint density at radius 3 is 2.78 bits per heavy atom. The zero-order valence-corrected chi connectivity index (χ0v) is 8.99. The number of aromatic nitrogens is 1. The van der Waals surface area contributed by atoms with Crippen molar-refractivity contribution in [2.45, 2.75) is 5.92 Å². The van der Waals surface area contributed by atoms with Crippen LogP contribution >= 0.6 is 0 Å². The van der Waals surface area contributed by atoms with E-state index in [1.165, 1.54) is 24.4 Å². The molecule has 1 aromatic carbocycles. The Hall–Kier alpha value is -2.70. The first-order chi connectivity index (χ1) is 8.54. The number of rotatable bonds is 4. The Morgan fingerprint density at radius 1 is 1.50 bits per heavy atom. The van der Waals surface area contributed by atoms with Gasteiger partial charge in [-0.2, -0.15) is 0 Å². The third kappa shape index (κ3) is 1.81. The monoisotopic (exact) mass is 248 g/mol. The smallest absolute Gasteiger partial charge is 0.318 e. The van der Waals surface area contributed by atoms with Crippen LogP contribution in [0.3, 0.4) is 0 Å². The molecule has 0 bridgehead atoms. The van der Waals surface area contributed by atoms with Gasteiger partial charge >= 0.3 is 5.97 Å². The van der Waals surface area contributed by atoms with Crippen LogP contribution in [0.15, 0.2) is 24.4 Å². The normalized spacial score (nSPS) is 12.2. The Bertz CT molecular complexity index is 646. The van der Waals surface area contributed by atoms with Crippen LogP contribution in [0, 0.1) is 10.1 Å². The summed E-state index contributed by atoms with van der Waals surface area (Å²) in [5, 5.41) is 19.9. The lowest BCUT2D eigenvalue weighted by Gasteiger charge is -2.02. The summed E-state index contributed by atoms with van der Waals surface area (Å²) in [5.41, 5.74) is 0.610. The highest BCUT2D eigenvalue weighted by molar-refractivity contribution is 5.99. The van der Waals surface area contributed by atoms with Gasteiger partial charge in [0.25, 0.3) is 5.69 Å². The number of nitro groups is 1.